The Morgan fingerprint density at radius 2 is 1.73 bits per heavy atom. The average molecular weight is 334 g/mol. The van der Waals surface area contributed by atoms with Gasteiger partial charge in [-0.15, -0.1) is 12.4 Å². The molecule has 132 valence electrons. The summed E-state index contributed by atoms with van der Waals surface area (Å²) in [6.07, 6.45) is 7.96. The van der Waals surface area contributed by atoms with E-state index in [0.717, 1.165) is 45.3 Å². The third kappa shape index (κ3) is 5.73. The zero-order chi connectivity index (χ0) is 15.7. The Morgan fingerprint density at radius 3 is 2.23 bits per heavy atom. The molecule has 0 aromatic heterocycles. The molecule has 1 atom stereocenters. The van der Waals surface area contributed by atoms with E-state index in [-0.39, 0.29) is 23.8 Å². The molecule has 0 spiro atoms. The van der Waals surface area contributed by atoms with Gasteiger partial charge in [-0.3, -0.25) is 4.79 Å². The highest BCUT2D eigenvalue weighted by Gasteiger charge is 2.44. The first-order chi connectivity index (χ1) is 10.1. The van der Waals surface area contributed by atoms with Crippen molar-refractivity contribution in [1.29, 1.82) is 0 Å². The second-order valence-corrected chi connectivity index (χ2v) is 6.57. The first kappa shape index (κ1) is 21.7. The Kier molecular flexibility index (Phi) is 11.1. The molecule has 22 heavy (non-hydrogen) atoms. The van der Waals surface area contributed by atoms with E-state index in [9.17, 15) is 4.79 Å². The summed E-state index contributed by atoms with van der Waals surface area (Å²) in [4.78, 5) is 15.1. The van der Waals surface area contributed by atoms with E-state index in [0.29, 0.717) is 12.5 Å². The van der Waals surface area contributed by atoms with Crippen LogP contribution in [-0.4, -0.2) is 37.1 Å². The van der Waals surface area contributed by atoms with Crippen molar-refractivity contribution in [1.82, 2.24) is 4.90 Å². The van der Waals surface area contributed by atoms with Crippen molar-refractivity contribution in [3.8, 4) is 0 Å². The summed E-state index contributed by atoms with van der Waals surface area (Å²) in [5, 5.41) is 0. The van der Waals surface area contributed by atoms with Gasteiger partial charge < -0.3 is 9.64 Å². The second-order valence-electron chi connectivity index (χ2n) is 6.57. The van der Waals surface area contributed by atoms with Gasteiger partial charge in [0, 0.05) is 6.54 Å². The van der Waals surface area contributed by atoms with Gasteiger partial charge in [-0.05, 0) is 38.3 Å². The molecule has 1 aliphatic carbocycles. The molecule has 1 aliphatic rings. The number of rotatable bonds is 9. The zero-order valence-corrected chi connectivity index (χ0v) is 15.8. The van der Waals surface area contributed by atoms with Crippen LogP contribution in [0.15, 0.2) is 0 Å². The SMILES string of the molecule is CCCC(C)C1(C(=O)OCCN(CC)CC)CCCCC1.Cl. The maximum Gasteiger partial charge on any atom is 0.312 e. The molecule has 1 fully saturated rings. The van der Waals surface area contributed by atoms with Gasteiger partial charge in [0.25, 0.3) is 0 Å². The maximum atomic E-state index is 12.8. The lowest BCUT2D eigenvalue weighted by atomic mass is 9.65. The zero-order valence-electron chi connectivity index (χ0n) is 15.0. The first-order valence-corrected chi connectivity index (χ1v) is 9.00. The number of esters is 1. The molecule has 0 bridgehead atoms. The van der Waals surface area contributed by atoms with Crippen molar-refractivity contribution in [3.05, 3.63) is 0 Å². The van der Waals surface area contributed by atoms with Gasteiger partial charge in [0.2, 0.25) is 0 Å². The molecule has 0 aromatic rings. The van der Waals surface area contributed by atoms with Gasteiger partial charge in [0.1, 0.15) is 6.61 Å². The summed E-state index contributed by atoms with van der Waals surface area (Å²) in [7, 11) is 0. The molecule has 1 saturated carbocycles. The van der Waals surface area contributed by atoms with Crippen LogP contribution in [0.4, 0.5) is 0 Å². The van der Waals surface area contributed by atoms with Crippen LogP contribution in [0.5, 0.6) is 0 Å². The largest absolute Gasteiger partial charge is 0.464 e. The van der Waals surface area contributed by atoms with Crippen LogP contribution < -0.4 is 0 Å². The van der Waals surface area contributed by atoms with Crippen molar-refractivity contribution in [2.24, 2.45) is 11.3 Å². The lowest BCUT2D eigenvalue weighted by molar-refractivity contribution is -0.162. The molecule has 3 nitrogen and oxygen atoms in total. The van der Waals surface area contributed by atoms with Crippen molar-refractivity contribution in [3.63, 3.8) is 0 Å². The normalized spacial score (nSPS) is 18.6. The number of hydrogen-bond acceptors (Lipinski definition) is 3. The Hall–Kier alpha value is -0.280. The Balaban J connectivity index is 0.00000441. The number of ether oxygens (including phenoxy) is 1. The number of carbonyl (C=O) groups is 1. The van der Waals surface area contributed by atoms with Gasteiger partial charge in [0.05, 0.1) is 5.41 Å². The molecule has 0 aromatic carbocycles. The quantitative estimate of drug-likeness (QED) is 0.574. The van der Waals surface area contributed by atoms with Gasteiger partial charge in [-0.1, -0.05) is 53.4 Å². The summed E-state index contributed by atoms with van der Waals surface area (Å²) in [6, 6.07) is 0. The van der Waals surface area contributed by atoms with Crippen molar-refractivity contribution in [2.75, 3.05) is 26.2 Å². The molecular weight excluding hydrogens is 298 g/mol. The van der Waals surface area contributed by atoms with Crippen LogP contribution in [0.3, 0.4) is 0 Å². The summed E-state index contributed by atoms with van der Waals surface area (Å²) in [6.45, 7) is 12.2. The minimum Gasteiger partial charge on any atom is -0.464 e. The highest BCUT2D eigenvalue weighted by molar-refractivity contribution is 5.85. The minimum absolute atomic E-state index is 0. The number of hydrogen-bond donors (Lipinski definition) is 0. The monoisotopic (exact) mass is 333 g/mol. The fraction of sp³-hybridized carbons (Fsp3) is 0.944. The highest BCUT2D eigenvalue weighted by Crippen LogP contribution is 2.45. The van der Waals surface area contributed by atoms with E-state index in [1.165, 1.54) is 19.3 Å². The third-order valence-corrected chi connectivity index (χ3v) is 5.35. The predicted molar refractivity (Wildman–Crippen MR) is 95.6 cm³/mol. The van der Waals surface area contributed by atoms with Crippen LogP contribution >= 0.6 is 12.4 Å². The summed E-state index contributed by atoms with van der Waals surface area (Å²) in [5.74, 6) is 0.527. The van der Waals surface area contributed by atoms with Crippen LogP contribution in [0.1, 0.15) is 72.6 Å². The average Bonchev–Trinajstić information content (AvgIpc) is 2.52. The number of nitrogens with zero attached hydrogens (tertiary/aromatic N) is 1. The predicted octanol–water partition coefficient (Wildman–Crippen LogP) is 4.68. The molecule has 0 saturated heterocycles. The Labute approximate surface area is 143 Å². The fourth-order valence-electron chi connectivity index (χ4n) is 3.74. The fourth-order valence-corrected chi connectivity index (χ4v) is 3.74. The number of likely N-dealkylation sites (N-methyl/N-ethyl adjacent to an activating group) is 1. The minimum atomic E-state index is -0.197. The summed E-state index contributed by atoms with van der Waals surface area (Å²) < 4.78 is 5.71. The van der Waals surface area contributed by atoms with Gasteiger partial charge in [-0.25, -0.2) is 0 Å². The van der Waals surface area contributed by atoms with Crippen LogP contribution in [0.25, 0.3) is 0 Å². The van der Waals surface area contributed by atoms with Crippen LogP contribution in [0.2, 0.25) is 0 Å². The number of carbonyl (C=O) groups excluding carboxylic acids is 1. The standard InChI is InChI=1S/C18H35NO2.ClH/c1-5-11-16(4)18(12-9-8-10-13-18)17(20)21-15-14-19(6-2)7-3;/h16H,5-15H2,1-4H3;1H. The van der Waals surface area contributed by atoms with Gasteiger partial charge in [0.15, 0.2) is 0 Å². The van der Waals surface area contributed by atoms with Crippen LogP contribution in [0, 0.1) is 11.3 Å². The van der Waals surface area contributed by atoms with Crippen LogP contribution in [-0.2, 0) is 9.53 Å². The molecule has 1 rings (SSSR count). The van der Waals surface area contributed by atoms with E-state index >= 15 is 0 Å². The van der Waals surface area contributed by atoms with Crippen molar-refractivity contribution in [2.45, 2.75) is 72.6 Å². The topological polar surface area (TPSA) is 29.5 Å². The molecule has 0 amide bonds. The molecule has 0 aliphatic heterocycles. The third-order valence-electron chi connectivity index (χ3n) is 5.35. The maximum absolute atomic E-state index is 12.8. The van der Waals surface area contributed by atoms with Gasteiger partial charge in [-0.2, -0.15) is 0 Å². The van der Waals surface area contributed by atoms with Gasteiger partial charge >= 0.3 is 5.97 Å². The van der Waals surface area contributed by atoms with E-state index in [4.69, 9.17) is 4.74 Å². The number of halogens is 1. The van der Waals surface area contributed by atoms with E-state index in [1.54, 1.807) is 0 Å². The van der Waals surface area contributed by atoms with E-state index < -0.39 is 0 Å². The van der Waals surface area contributed by atoms with Crippen molar-refractivity contribution >= 4 is 18.4 Å². The molecule has 4 heteroatoms. The Morgan fingerprint density at radius 1 is 1.14 bits per heavy atom. The summed E-state index contributed by atoms with van der Waals surface area (Å²) >= 11 is 0. The molecule has 0 radical (unpaired) electrons. The molecule has 0 N–H and O–H groups in total. The molecule has 0 heterocycles. The molecule has 1 unspecified atom stereocenters. The first-order valence-electron chi connectivity index (χ1n) is 9.00. The molecular formula is C18H36ClNO2. The smallest absolute Gasteiger partial charge is 0.312 e. The summed E-state index contributed by atoms with van der Waals surface area (Å²) in [5.41, 5.74) is -0.197. The Bertz CT molecular complexity index is 299. The highest BCUT2D eigenvalue weighted by atomic mass is 35.5. The lowest BCUT2D eigenvalue weighted by Crippen LogP contribution is -2.41. The van der Waals surface area contributed by atoms with E-state index in [1.807, 2.05) is 0 Å². The second kappa shape index (κ2) is 11.3. The van der Waals surface area contributed by atoms with Crippen molar-refractivity contribution < 1.29 is 9.53 Å². The lowest BCUT2D eigenvalue weighted by Gasteiger charge is -2.40. The van der Waals surface area contributed by atoms with E-state index in [2.05, 4.69) is 32.6 Å².